The van der Waals surface area contributed by atoms with E-state index < -0.39 is 12.1 Å². The number of hydrogen-bond acceptors (Lipinski definition) is 7. The highest BCUT2D eigenvalue weighted by atomic mass is 32.2. The number of nitrogens with zero attached hydrogens (tertiary/aromatic N) is 6. The lowest BCUT2D eigenvalue weighted by atomic mass is 9.99. The molecule has 0 radical (unpaired) electrons. The van der Waals surface area contributed by atoms with Gasteiger partial charge in [0.05, 0.1) is 23.7 Å². The standard InChI is InChI=1S/C29H25F3N6O2S/c1-3-25-23-6-4-5-7-24(23)38-27(41-17-28(38,2)40-25)35-34-16-19-8-10-20(11-9-19)26-33-18-37(36-26)21-12-14-22(15-13-21)39-29(30,31)32/h4-16,18,25H,3,17H2,1-2H3/b34-16+,35-27-. The number of alkyl halides is 3. The maximum Gasteiger partial charge on any atom is 0.573 e. The van der Waals surface area contributed by atoms with Crippen LogP contribution in [0.2, 0.25) is 0 Å². The summed E-state index contributed by atoms with van der Waals surface area (Å²) in [6, 6.07) is 21.2. The molecule has 2 atom stereocenters. The van der Waals surface area contributed by atoms with E-state index in [1.165, 1.54) is 35.3 Å². The molecule has 4 aromatic rings. The number of fused-ring (bicyclic) bond motifs is 3. The molecule has 12 heteroatoms. The second kappa shape index (κ2) is 10.7. The summed E-state index contributed by atoms with van der Waals surface area (Å²) < 4.78 is 49.1. The van der Waals surface area contributed by atoms with Gasteiger partial charge in [0.2, 0.25) is 0 Å². The Morgan fingerprint density at radius 1 is 1.10 bits per heavy atom. The topological polar surface area (TPSA) is 77.1 Å². The zero-order chi connectivity index (χ0) is 28.6. The van der Waals surface area contributed by atoms with Gasteiger partial charge in [0.1, 0.15) is 12.1 Å². The zero-order valence-electron chi connectivity index (χ0n) is 22.1. The van der Waals surface area contributed by atoms with Gasteiger partial charge in [-0.25, -0.2) is 9.67 Å². The van der Waals surface area contributed by atoms with Crippen molar-refractivity contribution in [2.24, 2.45) is 10.2 Å². The largest absolute Gasteiger partial charge is 0.573 e. The van der Waals surface area contributed by atoms with Gasteiger partial charge in [0.15, 0.2) is 16.7 Å². The summed E-state index contributed by atoms with van der Waals surface area (Å²) in [5.74, 6) is 0.926. The molecule has 0 amide bonds. The summed E-state index contributed by atoms with van der Waals surface area (Å²) >= 11 is 1.62. The molecule has 2 aliphatic heterocycles. The van der Waals surface area contributed by atoms with Gasteiger partial charge in [0.25, 0.3) is 0 Å². The van der Waals surface area contributed by atoms with Crippen molar-refractivity contribution in [3.05, 3.63) is 90.3 Å². The minimum Gasteiger partial charge on any atom is -0.406 e. The van der Waals surface area contributed by atoms with Crippen molar-refractivity contribution in [3.63, 3.8) is 0 Å². The average molecular weight is 579 g/mol. The molecule has 1 aromatic heterocycles. The molecule has 210 valence electrons. The van der Waals surface area contributed by atoms with E-state index in [9.17, 15) is 13.2 Å². The van der Waals surface area contributed by atoms with Gasteiger partial charge < -0.3 is 9.47 Å². The lowest BCUT2D eigenvalue weighted by molar-refractivity contribution is -0.274. The Labute approximate surface area is 238 Å². The van der Waals surface area contributed by atoms with E-state index in [4.69, 9.17) is 4.74 Å². The van der Waals surface area contributed by atoms with Gasteiger partial charge in [-0.2, -0.15) is 5.10 Å². The van der Waals surface area contributed by atoms with E-state index >= 15 is 0 Å². The maximum atomic E-state index is 12.4. The van der Waals surface area contributed by atoms with Crippen molar-refractivity contribution < 1.29 is 22.6 Å². The van der Waals surface area contributed by atoms with Crippen LogP contribution in [0.1, 0.15) is 37.5 Å². The number of anilines is 1. The number of thioether (sulfide) groups is 1. The molecule has 0 bridgehead atoms. The molecule has 3 heterocycles. The summed E-state index contributed by atoms with van der Waals surface area (Å²) in [6.45, 7) is 4.23. The number of para-hydroxylation sites is 1. The summed E-state index contributed by atoms with van der Waals surface area (Å²) in [5, 5.41) is 14.1. The Balaban J connectivity index is 1.15. The van der Waals surface area contributed by atoms with E-state index in [0.717, 1.165) is 39.7 Å². The van der Waals surface area contributed by atoms with Gasteiger partial charge in [-0.15, -0.1) is 23.4 Å². The molecule has 0 saturated carbocycles. The lowest BCUT2D eigenvalue weighted by Gasteiger charge is -2.44. The van der Waals surface area contributed by atoms with Crippen molar-refractivity contribution in [1.82, 2.24) is 14.8 Å². The van der Waals surface area contributed by atoms with Gasteiger partial charge in [-0.05, 0) is 49.2 Å². The number of amidine groups is 1. The van der Waals surface area contributed by atoms with Crippen LogP contribution in [0.3, 0.4) is 0 Å². The van der Waals surface area contributed by atoms with Crippen LogP contribution >= 0.6 is 11.8 Å². The number of rotatable bonds is 6. The summed E-state index contributed by atoms with van der Waals surface area (Å²) in [6.07, 6.45) is -0.604. The Morgan fingerprint density at radius 2 is 1.85 bits per heavy atom. The molecular formula is C29H25F3N6O2S. The minimum atomic E-state index is -4.74. The van der Waals surface area contributed by atoms with Crippen molar-refractivity contribution in [3.8, 4) is 22.8 Å². The number of ether oxygens (including phenoxy) is 2. The number of hydrogen-bond donors (Lipinski definition) is 0. The van der Waals surface area contributed by atoms with Gasteiger partial charge in [0, 0.05) is 16.9 Å². The van der Waals surface area contributed by atoms with Gasteiger partial charge in [-0.1, -0.05) is 61.2 Å². The first-order valence-electron chi connectivity index (χ1n) is 12.9. The van der Waals surface area contributed by atoms with E-state index in [1.54, 1.807) is 18.0 Å². The highest BCUT2D eigenvalue weighted by Crippen LogP contribution is 2.48. The van der Waals surface area contributed by atoms with Crippen LogP contribution in [0.4, 0.5) is 18.9 Å². The number of benzene rings is 3. The van der Waals surface area contributed by atoms with Crippen LogP contribution in [0.5, 0.6) is 5.75 Å². The lowest BCUT2D eigenvalue weighted by Crippen LogP contribution is -2.51. The summed E-state index contributed by atoms with van der Waals surface area (Å²) in [7, 11) is 0. The van der Waals surface area contributed by atoms with Crippen LogP contribution in [-0.4, -0.2) is 44.0 Å². The predicted molar refractivity (Wildman–Crippen MR) is 152 cm³/mol. The van der Waals surface area contributed by atoms with Gasteiger partial charge >= 0.3 is 6.36 Å². The molecule has 2 unspecified atom stereocenters. The quantitative estimate of drug-likeness (QED) is 0.182. The number of halogens is 3. The Morgan fingerprint density at radius 3 is 2.59 bits per heavy atom. The summed E-state index contributed by atoms with van der Waals surface area (Å²) in [4.78, 5) is 6.47. The third-order valence-electron chi connectivity index (χ3n) is 6.77. The smallest absolute Gasteiger partial charge is 0.406 e. The maximum absolute atomic E-state index is 12.4. The zero-order valence-corrected chi connectivity index (χ0v) is 22.9. The van der Waals surface area contributed by atoms with E-state index in [0.29, 0.717) is 11.5 Å². The first kappa shape index (κ1) is 27.0. The predicted octanol–water partition coefficient (Wildman–Crippen LogP) is 6.97. The highest BCUT2D eigenvalue weighted by molar-refractivity contribution is 8.14. The van der Waals surface area contributed by atoms with Crippen LogP contribution < -0.4 is 9.64 Å². The third-order valence-corrected chi connectivity index (χ3v) is 7.97. The molecule has 8 nitrogen and oxygen atoms in total. The van der Waals surface area contributed by atoms with Crippen molar-refractivity contribution in [2.45, 2.75) is 38.5 Å². The normalized spacial score (nSPS) is 21.3. The monoisotopic (exact) mass is 578 g/mol. The van der Waals surface area contributed by atoms with Crippen molar-refractivity contribution >= 4 is 28.8 Å². The molecule has 0 N–H and O–H groups in total. The first-order chi connectivity index (χ1) is 19.7. The van der Waals surface area contributed by atoms with Crippen LogP contribution in [0.15, 0.2) is 89.3 Å². The number of aromatic nitrogens is 3. The Kier molecular flexibility index (Phi) is 7.04. The fourth-order valence-corrected chi connectivity index (χ4v) is 5.99. The molecule has 1 saturated heterocycles. The van der Waals surface area contributed by atoms with Crippen LogP contribution in [-0.2, 0) is 4.74 Å². The molecule has 1 fully saturated rings. The fraction of sp³-hybridized carbons (Fsp3) is 0.241. The molecule has 2 aliphatic rings. The second-order valence-corrected chi connectivity index (χ2v) is 10.6. The molecule has 41 heavy (non-hydrogen) atoms. The van der Waals surface area contributed by atoms with Crippen molar-refractivity contribution in [1.29, 1.82) is 0 Å². The molecule has 6 rings (SSSR count). The SMILES string of the molecule is CCC1OC2(C)CS/C(=N\N=C\c3ccc(-c4ncn(-c5ccc(OC(F)(F)F)cc5)n4)cc3)N2c2ccccc21. The van der Waals surface area contributed by atoms with Crippen LogP contribution in [0, 0.1) is 0 Å². The fourth-order valence-electron chi connectivity index (χ4n) is 4.87. The van der Waals surface area contributed by atoms with Crippen molar-refractivity contribution in [2.75, 3.05) is 10.7 Å². The third kappa shape index (κ3) is 5.57. The minimum absolute atomic E-state index is 0.0497. The van der Waals surface area contributed by atoms with Crippen LogP contribution in [0.25, 0.3) is 17.1 Å². The van der Waals surface area contributed by atoms with Gasteiger partial charge in [-0.3, -0.25) is 4.90 Å². The molecular weight excluding hydrogens is 553 g/mol. The Bertz CT molecular complexity index is 1600. The van der Waals surface area contributed by atoms with E-state index in [1.807, 2.05) is 36.4 Å². The average Bonchev–Trinajstić information content (AvgIpc) is 3.58. The second-order valence-electron chi connectivity index (χ2n) is 9.68. The molecule has 0 spiro atoms. The van der Waals surface area contributed by atoms with E-state index in [2.05, 4.69) is 55.9 Å². The molecule has 0 aliphatic carbocycles. The Hall–Kier alpha value is -4.16. The molecule has 3 aromatic carbocycles. The summed E-state index contributed by atoms with van der Waals surface area (Å²) in [5.41, 5.74) is 3.96. The first-order valence-corrected chi connectivity index (χ1v) is 13.9. The van der Waals surface area contributed by atoms with E-state index in [-0.39, 0.29) is 11.9 Å². The highest BCUT2D eigenvalue weighted by Gasteiger charge is 2.49.